The Morgan fingerprint density at radius 2 is 1.32 bits per heavy atom. The maximum atomic E-state index is 12.3. The summed E-state index contributed by atoms with van der Waals surface area (Å²) in [6.45, 7) is 5.57. The van der Waals surface area contributed by atoms with Crippen molar-refractivity contribution in [3.63, 3.8) is 0 Å². The highest BCUT2D eigenvalue weighted by molar-refractivity contribution is 5.87. The standard InChI is InChI=1S/C20H34O2/c1-17(2)19(21)22-20(15-11-7-4-8-12-16-20)18-13-9-5-3-6-10-14-18/h18H,1,3-16H2,2H3. The van der Waals surface area contributed by atoms with E-state index in [0.29, 0.717) is 11.5 Å². The van der Waals surface area contributed by atoms with Crippen LogP contribution in [-0.4, -0.2) is 11.6 Å². The molecule has 0 atom stereocenters. The van der Waals surface area contributed by atoms with Gasteiger partial charge >= 0.3 is 5.97 Å². The van der Waals surface area contributed by atoms with E-state index in [9.17, 15) is 4.79 Å². The molecule has 2 aliphatic rings. The first-order chi connectivity index (χ1) is 10.6. The minimum atomic E-state index is -0.201. The predicted octanol–water partition coefficient (Wildman–Crippen LogP) is 5.95. The van der Waals surface area contributed by atoms with Crippen molar-refractivity contribution in [1.29, 1.82) is 0 Å². The van der Waals surface area contributed by atoms with Crippen LogP contribution in [0.5, 0.6) is 0 Å². The Kier molecular flexibility index (Phi) is 6.98. The van der Waals surface area contributed by atoms with Gasteiger partial charge in [0.05, 0.1) is 0 Å². The van der Waals surface area contributed by atoms with Crippen LogP contribution in [0.25, 0.3) is 0 Å². The minimum Gasteiger partial charge on any atom is -0.455 e. The largest absolute Gasteiger partial charge is 0.455 e. The summed E-state index contributed by atoms with van der Waals surface area (Å²) in [5.41, 5.74) is 0.348. The van der Waals surface area contributed by atoms with Gasteiger partial charge in [-0.3, -0.25) is 0 Å². The van der Waals surface area contributed by atoms with Crippen LogP contribution in [0.2, 0.25) is 0 Å². The second kappa shape index (κ2) is 8.74. The van der Waals surface area contributed by atoms with Crippen LogP contribution in [0.4, 0.5) is 0 Å². The molecule has 0 amide bonds. The van der Waals surface area contributed by atoms with Gasteiger partial charge in [-0.2, -0.15) is 0 Å². The summed E-state index contributed by atoms with van der Waals surface area (Å²) in [4.78, 5) is 12.3. The molecule has 0 unspecified atom stereocenters. The summed E-state index contributed by atoms with van der Waals surface area (Å²) in [6, 6.07) is 0. The Hall–Kier alpha value is -0.790. The fourth-order valence-corrected chi connectivity index (χ4v) is 4.35. The Balaban J connectivity index is 2.16. The lowest BCUT2D eigenvalue weighted by Crippen LogP contribution is -2.44. The van der Waals surface area contributed by atoms with Crippen molar-refractivity contribution in [2.24, 2.45) is 5.92 Å². The summed E-state index contributed by atoms with van der Waals surface area (Å²) in [6.07, 6.45) is 17.6. The molecule has 0 saturated heterocycles. The number of hydrogen-bond acceptors (Lipinski definition) is 2. The number of esters is 1. The third-order valence-electron chi connectivity index (χ3n) is 5.69. The Labute approximate surface area is 136 Å². The number of hydrogen-bond donors (Lipinski definition) is 0. The van der Waals surface area contributed by atoms with Crippen molar-refractivity contribution in [2.75, 3.05) is 0 Å². The van der Waals surface area contributed by atoms with E-state index in [1.54, 1.807) is 6.92 Å². The van der Waals surface area contributed by atoms with E-state index in [4.69, 9.17) is 4.74 Å². The molecule has 126 valence electrons. The third-order valence-corrected chi connectivity index (χ3v) is 5.69. The van der Waals surface area contributed by atoms with Crippen molar-refractivity contribution in [3.8, 4) is 0 Å². The lowest BCUT2D eigenvalue weighted by Gasteiger charge is -2.42. The van der Waals surface area contributed by atoms with Crippen molar-refractivity contribution in [1.82, 2.24) is 0 Å². The molecule has 2 aliphatic carbocycles. The number of ether oxygens (including phenoxy) is 1. The summed E-state index contributed by atoms with van der Waals surface area (Å²) in [5, 5.41) is 0. The van der Waals surface area contributed by atoms with Gasteiger partial charge in [-0.15, -0.1) is 0 Å². The van der Waals surface area contributed by atoms with Crippen LogP contribution in [-0.2, 0) is 9.53 Å². The van der Waals surface area contributed by atoms with Crippen molar-refractivity contribution >= 4 is 5.97 Å². The van der Waals surface area contributed by atoms with Crippen molar-refractivity contribution in [3.05, 3.63) is 12.2 Å². The zero-order valence-corrected chi connectivity index (χ0v) is 14.5. The van der Waals surface area contributed by atoms with Gasteiger partial charge in [0.2, 0.25) is 0 Å². The van der Waals surface area contributed by atoms with Crippen LogP contribution in [0.3, 0.4) is 0 Å². The summed E-state index contributed by atoms with van der Waals surface area (Å²) < 4.78 is 6.17. The normalized spacial score (nSPS) is 24.4. The zero-order valence-electron chi connectivity index (χ0n) is 14.5. The predicted molar refractivity (Wildman–Crippen MR) is 91.8 cm³/mol. The zero-order chi connectivity index (χ0) is 15.8. The second-order valence-corrected chi connectivity index (χ2v) is 7.54. The molecule has 2 nitrogen and oxygen atoms in total. The lowest BCUT2D eigenvalue weighted by molar-refractivity contribution is -0.166. The van der Waals surface area contributed by atoms with Gasteiger partial charge in [0.15, 0.2) is 0 Å². The molecule has 2 rings (SSSR count). The molecular weight excluding hydrogens is 272 g/mol. The van der Waals surface area contributed by atoms with E-state index in [-0.39, 0.29) is 11.6 Å². The van der Waals surface area contributed by atoms with Crippen molar-refractivity contribution in [2.45, 2.75) is 102 Å². The molecule has 0 aromatic heterocycles. The monoisotopic (exact) mass is 306 g/mol. The van der Waals surface area contributed by atoms with Gasteiger partial charge in [0, 0.05) is 5.57 Å². The fraction of sp³-hybridized carbons (Fsp3) is 0.850. The molecule has 0 aliphatic heterocycles. The Morgan fingerprint density at radius 3 is 1.82 bits per heavy atom. The molecule has 0 heterocycles. The van der Waals surface area contributed by atoms with Crippen LogP contribution in [0.1, 0.15) is 96.8 Å². The first-order valence-corrected chi connectivity index (χ1v) is 9.53. The van der Waals surface area contributed by atoms with E-state index >= 15 is 0 Å². The van der Waals surface area contributed by atoms with E-state index in [1.165, 1.54) is 77.0 Å². The van der Waals surface area contributed by atoms with Gasteiger partial charge in [-0.1, -0.05) is 57.9 Å². The highest BCUT2D eigenvalue weighted by atomic mass is 16.6. The molecule has 0 aromatic carbocycles. The quantitative estimate of drug-likeness (QED) is 0.476. The first-order valence-electron chi connectivity index (χ1n) is 9.53. The van der Waals surface area contributed by atoms with Crippen LogP contribution in [0.15, 0.2) is 12.2 Å². The molecule has 0 spiro atoms. The Morgan fingerprint density at radius 1 is 0.864 bits per heavy atom. The van der Waals surface area contributed by atoms with Crippen LogP contribution < -0.4 is 0 Å². The summed E-state index contributed by atoms with van der Waals surface area (Å²) >= 11 is 0. The summed E-state index contributed by atoms with van der Waals surface area (Å²) in [7, 11) is 0. The second-order valence-electron chi connectivity index (χ2n) is 7.54. The van der Waals surface area contributed by atoms with E-state index < -0.39 is 0 Å². The fourth-order valence-electron chi connectivity index (χ4n) is 4.35. The molecular formula is C20H34O2. The highest BCUT2D eigenvalue weighted by Gasteiger charge is 2.41. The summed E-state index contributed by atoms with van der Waals surface area (Å²) in [5.74, 6) is 0.400. The molecule has 0 N–H and O–H groups in total. The average molecular weight is 306 g/mol. The lowest BCUT2D eigenvalue weighted by atomic mass is 9.72. The van der Waals surface area contributed by atoms with E-state index in [2.05, 4.69) is 6.58 Å². The maximum Gasteiger partial charge on any atom is 0.333 e. The molecule has 2 fully saturated rings. The molecule has 0 radical (unpaired) electrons. The van der Waals surface area contributed by atoms with Gasteiger partial charge < -0.3 is 4.74 Å². The molecule has 22 heavy (non-hydrogen) atoms. The molecule has 0 bridgehead atoms. The minimum absolute atomic E-state index is 0.164. The number of carbonyl (C=O) groups excluding carboxylic acids is 1. The maximum absolute atomic E-state index is 12.3. The van der Waals surface area contributed by atoms with Gasteiger partial charge in [0.1, 0.15) is 5.60 Å². The van der Waals surface area contributed by atoms with E-state index in [1.807, 2.05) is 0 Å². The van der Waals surface area contributed by atoms with E-state index in [0.717, 1.165) is 12.8 Å². The van der Waals surface area contributed by atoms with Crippen LogP contribution in [0, 0.1) is 5.92 Å². The van der Waals surface area contributed by atoms with Gasteiger partial charge in [-0.25, -0.2) is 4.79 Å². The number of carbonyl (C=O) groups is 1. The molecule has 0 aromatic rings. The Bertz CT molecular complexity index is 356. The average Bonchev–Trinajstić information content (AvgIpc) is 2.41. The van der Waals surface area contributed by atoms with Gasteiger partial charge in [-0.05, 0) is 51.4 Å². The first kappa shape index (κ1) is 17.6. The molecule has 2 saturated carbocycles. The third kappa shape index (κ3) is 4.86. The highest BCUT2D eigenvalue weighted by Crippen LogP contribution is 2.42. The molecule has 2 heteroatoms. The smallest absolute Gasteiger partial charge is 0.333 e. The van der Waals surface area contributed by atoms with Crippen LogP contribution >= 0.6 is 0 Å². The van der Waals surface area contributed by atoms with Crippen molar-refractivity contribution < 1.29 is 9.53 Å². The SMILES string of the molecule is C=C(C)C(=O)OC1(C2CCCCCCC2)CCCCCCC1. The number of rotatable bonds is 3. The van der Waals surface area contributed by atoms with Gasteiger partial charge in [0.25, 0.3) is 0 Å². The topological polar surface area (TPSA) is 26.3 Å².